The molecule has 31 heavy (non-hydrogen) atoms. The van der Waals surface area contributed by atoms with E-state index < -0.39 is 15.9 Å². The number of aryl methyl sites for hydroxylation is 2. The van der Waals surface area contributed by atoms with E-state index in [1.54, 1.807) is 31.2 Å². The predicted octanol–water partition coefficient (Wildman–Crippen LogP) is 5.67. The maximum absolute atomic E-state index is 12.9. The number of benzene rings is 3. The number of nitrogens with one attached hydrogen (secondary N) is 2. The summed E-state index contributed by atoms with van der Waals surface area (Å²) in [7, 11) is -2.54. The van der Waals surface area contributed by atoms with E-state index in [2.05, 4.69) is 10.0 Å². The van der Waals surface area contributed by atoms with Crippen molar-refractivity contribution >= 4 is 50.5 Å². The van der Waals surface area contributed by atoms with E-state index in [0.29, 0.717) is 22.1 Å². The number of amides is 1. The average molecular weight is 479 g/mol. The van der Waals surface area contributed by atoms with Crippen LogP contribution in [-0.2, 0) is 10.0 Å². The number of ether oxygens (including phenoxy) is 1. The topological polar surface area (TPSA) is 84.5 Å². The van der Waals surface area contributed by atoms with Gasteiger partial charge in [0.1, 0.15) is 10.6 Å². The number of hydrogen-bond acceptors (Lipinski definition) is 4. The van der Waals surface area contributed by atoms with Crippen LogP contribution in [0.4, 0.5) is 11.4 Å². The number of anilines is 2. The lowest BCUT2D eigenvalue weighted by molar-refractivity contribution is 0.102. The standard InChI is InChI=1S/C22H20Cl2N2O4S/c1-13-4-8-19(14(2)10-13)26-31(28,29)21-11-15(5-7-17(21)23)22(27)25-16-6-9-20(30-3)18(24)12-16/h4-12,26H,1-3H3,(H,25,27). The fourth-order valence-electron chi connectivity index (χ4n) is 2.93. The van der Waals surface area contributed by atoms with Crippen molar-refractivity contribution in [3.05, 3.63) is 81.3 Å². The van der Waals surface area contributed by atoms with Gasteiger partial charge in [0, 0.05) is 11.3 Å². The minimum atomic E-state index is -4.02. The van der Waals surface area contributed by atoms with Crippen LogP contribution in [0.1, 0.15) is 21.5 Å². The molecule has 3 rings (SSSR count). The first-order valence-corrected chi connectivity index (χ1v) is 11.4. The molecule has 3 aromatic rings. The van der Waals surface area contributed by atoms with Crippen LogP contribution in [0.2, 0.25) is 10.0 Å². The van der Waals surface area contributed by atoms with Gasteiger partial charge in [0.2, 0.25) is 0 Å². The molecular formula is C22H20Cl2N2O4S. The quantitative estimate of drug-likeness (QED) is 0.477. The second kappa shape index (κ2) is 9.18. The van der Waals surface area contributed by atoms with Crippen molar-refractivity contribution in [2.45, 2.75) is 18.7 Å². The second-order valence-electron chi connectivity index (χ2n) is 6.87. The van der Waals surface area contributed by atoms with E-state index in [9.17, 15) is 13.2 Å². The molecule has 0 saturated carbocycles. The fraction of sp³-hybridized carbons (Fsp3) is 0.136. The number of halogens is 2. The Bertz CT molecular complexity index is 1260. The third-order valence-corrected chi connectivity index (χ3v) is 6.66. The van der Waals surface area contributed by atoms with Gasteiger partial charge in [-0.2, -0.15) is 0 Å². The summed E-state index contributed by atoms with van der Waals surface area (Å²) in [6, 6.07) is 14.2. The second-order valence-corrected chi connectivity index (χ2v) is 9.34. The fourth-order valence-corrected chi connectivity index (χ4v) is 4.84. The molecular weight excluding hydrogens is 459 g/mol. The molecule has 162 valence electrons. The van der Waals surface area contributed by atoms with Gasteiger partial charge in [0.05, 0.1) is 22.8 Å². The number of rotatable bonds is 6. The van der Waals surface area contributed by atoms with Crippen LogP contribution in [0.5, 0.6) is 5.75 Å². The Morgan fingerprint density at radius 1 is 0.935 bits per heavy atom. The highest BCUT2D eigenvalue weighted by molar-refractivity contribution is 7.92. The SMILES string of the molecule is COc1ccc(NC(=O)c2ccc(Cl)c(S(=O)(=O)Nc3ccc(C)cc3C)c2)cc1Cl. The Hall–Kier alpha value is -2.74. The molecule has 0 fully saturated rings. The van der Waals surface area contributed by atoms with E-state index in [4.69, 9.17) is 27.9 Å². The van der Waals surface area contributed by atoms with Gasteiger partial charge < -0.3 is 10.1 Å². The molecule has 0 saturated heterocycles. The molecule has 0 aliphatic carbocycles. The summed E-state index contributed by atoms with van der Waals surface area (Å²) in [5.41, 5.74) is 2.77. The lowest BCUT2D eigenvalue weighted by Gasteiger charge is -2.13. The Balaban J connectivity index is 1.88. The van der Waals surface area contributed by atoms with Crippen molar-refractivity contribution in [2.24, 2.45) is 0 Å². The minimum Gasteiger partial charge on any atom is -0.495 e. The Kier molecular flexibility index (Phi) is 6.79. The van der Waals surface area contributed by atoms with Gasteiger partial charge in [0.15, 0.2) is 0 Å². The van der Waals surface area contributed by atoms with Crippen molar-refractivity contribution in [2.75, 3.05) is 17.1 Å². The maximum atomic E-state index is 12.9. The lowest BCUT2D eigenvalue weighted by atomic mass is 10.1. The molecule has 9 heteroatoms. The zero-order valence-corrected chi connectivity index (χ0v) is 19.3. The van der Waals surface area contributed by atoms with Gasteiger partial charge in [0.25, 0.3) is 15.9 Å². The largest absolute Gasteiger partial charge is 0.495 e. The lowest BCUT2D eigenvalue weighted by Crippen LogP contribution is -2.17. The van der Waals surface area contributed by atoms with Gasteiger partial charge in [-0.25, -0.2) is 8.42 Å². The molecule has 0 aromatic heterocycles. The number of hydrogen-bond donors (Lipinski definition) is 2. The Morgan fingerprint density at radius 2 is 1.68 bits per heavy atom. The van der Waals surface area contributed by atoms with Crippen molar-refractivity contribution < 1.29 is 17.9 Å². The first-order chi connectivity index (χ1) is 14.6. The summed E-state index contributed by atoms with van der Waals surface area (Å²) in [6.45, 7) is 3.72. The molecule has 0 atom stereocenters. The van der Waals surface area contributed by atoms with Crippen molar-refractivity contribution in [3.63, 3.8) is 0 Å². The minimum absolute atomic E-state index is 0.00121. The summed E-state index contributed by atoms with van der Waals surface area (Å²) in [6.07, 6.45) is 0. The van der Waals surface area contributed by atoms with Gasteiger partial charge in [-0.3, -0.25) is 9.52 Å². The zero-order valence-electron chi connectivity index (χ0n) is 17.0. The van der Waals surface area contributed by atoms with Crippen molar-refractivity contribution in [1.82, 2.24) is 0 Å². The summed E-state index contributed by atoms with van der Waals surface area (Å²) in [5, 5.41) is 3.01. The van der Waals surface area contributed by atoms with Crippen LogP contribution >= 0.6 is 23.2 Å². The van der Waals surface area contributed by atoms with E-state index in [-0.39, 0.29) is 15.5 Å². The number of carbonyl (C=O) groups is 1. The van der Waals surface area contributed by atoms with Gasteiger partial charge in [-0.1, -0.05) is 40.9 Å². The highest BCUT2D eigenvalue weighted by atomic mass is 35.5. The smallest absolute Gasteiger partial charge is 0.263 e. The molecule has 0 aliphatic heterocycles. The summed E-state index contributed by atoms with van der Waals surface area (Å²) < 4.78 is 33.5. The molecule has 0 unspecified atom stereocenters. The predicted molar refractivity (Wildman–Crippen MR) is 124 cm³/mol. The van der Waals surface area contributed by atoms with Crippen LogP contribution in [0.25, 0.3) is 0 Å². The molecule has 2 N–H and O–H groups in total. The highest BCUT2D eigenvalue weighted by Gasteiger charge is 2.21. The molecule has 6 nitrogen and oxygen atoms in total. The average Bonchev–Trinajstić information content (AvgIpc) is 2.70. The first-order valence-electron chi connectivity index (χ1n) is 9.15. The van der Waals surface area contributed by atoms with E-state index in [1.165, 1.54) is 31.4 Å². The molecule has 0 heterocycles. The Labute approximate surface area is 191 Å². The third kappa shape index (κ3) is 5.31. The number of methoxy groups -OCH3 is 1. The molecule has 3 aromatic carbocycles. The molecule has 0 spiro atoms. The zero-order chi connectivity index (χ0) is 22.8. The summed E-state index contributed by atoms with van der Waals surface area (Å²) in [4.78, 5) is 12.5. The van der Waals surface area contributed by atoms with Crippen molar-refractivity contribution in [1.29, 1.82) is 0 Å². The third-order valence-electron chi connectivity index (χ3n) is 4.52. The van der Waals surface area contributed by atoms with E-state index in [1.807, 2.05) is 13.0 Å². The normalized spacial score (nSPS) is 11.1. The van der Waals surface area contributed by atoms with Crippen LogP contribution in [-0.4, -0.2) is 21.4 Å². The van der Waals surface area contributed by atoms with Crippen LogP contribution < -0.4 is 14.8 Å². The van der Waals surface area contributed by atoms with E-state index in [0.717, 1.165) is 11.1 Å². The monoisotopic (exact) mass is 478 g/mol. The van der Waals surface area contributed by atoms with Gasteiger partial charge in [-0.05, 0) is 61.9 Å². The van der Waals surface area contributed by atoms with Crippen LogP contribution in [0, 0.1) is 13.8 Å². The van der Waals surface area contributed by atoms with Crippen molar-refractivity contribution in [3.8, 4) is 5.75 Å². The number of sulfonamides is 1. The van der Waals surface area contributed by atoms with Crippen LogP contribution in [0.3, 0.4) is 0 Å². The van der Waals surface area contributed by atoms with Gasteiger partial charge in [-0.15, -0.1) is 0 Å². The summed E-state index contributed by atoms with van der Waals surface area (Å²) in [5.74, 6) is -0.0436. The molecule has 0 radical (unpaired) electrons. The first kappa shape index (κ1) is 22.9. The Morgan fingerprint density at radius 3 is 2.32 bits per heavy atom. The maximum Gasteiger partial charge on any atom is 0.263 e. The molecule has 1 amide bonds. The molecule has 0 aliphatic rings. The summed E-state index contributed by atoms with van der Waals surface area (Å²) >= 11 is 12.2. The van der Waals surface area contributed by atoms with Gasteiger partial charge >= 0.3 is 0 Å². The van der Waals surface area contributed by atoms with E-state index >= 15 is 0 Å². The number of carbonyl (C=O) groups excluding carboxylic acids is 1. The molecule has 0 bridgehead atoms. The highest BCUT2D eigenvalue weighted by Crippen LogP contribution is 2.29. The van der Waals surface area contributed by atoms with Crippen LogP contribution in [0.15, 0.2) is 59.5 Å².